The quantitative estimate of drug-likeness (QED) is 0.647. The third kappa shape index (κ3) is 5.85. The van der Waals surface area contributed by atoms with Crippen LogP contribution in [0.4, 0.5) is 0 Å². The number of nitrogens with two attached hydrogens (primary N) is 1. The van der Waals surface area contributed by atoms with Gasteiger partial charge in [0.2, 0.25) is 5.91 Å². The molecule has 0 aliphatic carbocycles. The van der Waals surface area contributed by atoms with Gasteiger partial charge in [0.25, 0.3) is 0 Å². The first-order valence-corrected chi connectivity index (χ1v) is 6.74. The molecule has 0 spiro atoms. The summed E-state index contributed by atoms with van der Waals surface area (Å²) >= 11 is 0. The molecular weight excluding hydrogens is 244 g/mol. The molecule has 0 bridgehead atoms. The summed E-state index contributed by atoms with van der Waals surface area (Å²) in [6.45, 7) is 4.17. The molecule has 0 aliphatic rings. The molecule has 1 heterocycles. The van der Waals surface area contributed by atoms with E-state index >= 15 is 0 Å². The second-order valence-electron chi connectivity index (χ2n) is 4.54. The molecule has 1 aromatic rings. The molecule has 0 saturated heterocycles. The molecule has 108 valence electrons. The number of hydrogen-bond acceptors (Lipinski definition) is 4. The van der Waals surface area contributed by atoms with Crippen molar-refractivity contribution in [1.29, 1.82) is 0 Å². The molecule has 1 aromatic heterocycles. The van der Waals surface area contributed by atoms with Gasteiger partial charge < -0.3 is 15.8 Å². The van der Waals surface area contributed by atoms with Gasteiger partial charge in [-0.15, -0.1) is 0 Å². The molecule has 0 aromatic carbocycles. The lowest BCUT2D eigenvalue weighted by Crippen LogP contribution is -2.34. The Kier molecular flexibility index (Phi) is 7.14. The van der Waals surface area contributed by atoms with Crippen LogP contribution in [0.5, 0.6) is 0 Å². The molecule has 0 radical (unpaired) electrons. The average molecular weight is 268 g/mol. The van der Waals surface area contributed by atoms with Gasteiger partial charge in [-0.2, -0.15) is 5.10 Å². The monoisotopic (exact) mass is 268 g/mol. The first-order valence-electron chi connectivity index (χ1n) is 6.74. The Hall–Kier alpha value is -1.40. The molecule has 1 atom stereocenters. The maximum atomic E-state index is 11.8. The fraction of sp³-hybridized carbons (Fsp3) is 0.692. The van der Waals surface area contributed by atoms with E-state index in [1.165, 1.54) is 0 Å². The maximum Gasteiger partial charge on any atom is 0.241 e. The SMILES string of the molecule is CCCCOCCCNC(=O)C(N)c1cnn(C)c1. The number of carbonyl (C=O) groups excluding carboxylic acids is 1. The number of rotatable bonds is 9. The second-order valence-corrected chi connectivity index (χ2v) is 4.54. The van der Waals surface area contributed by atoms with E-state index in [4.69, 9.17) is 10.5 Å². The lowest BCUT2D eigenvalue weighted by atomic mass is 10.1. The topological polar surface area (TPSA) is 82.2 Å². The van der Waals surface area contributed by atoms with E-state index in [0.717, 1.165) is 31.4 Å². The van der Waals surface area contributed by atoms with E-state index < -0.39 is 6.04 Å². The van der Waals surface area contributed by atoms with E-state index in [9.17, 15) is 4.79 Å². The second kappa shape index (κ2) is 8.66. The van der Waals surface area contributed by atoms with Crippen molar-refractivity contribution in [2.75, 3.05) is 19.8 Å². The lowest BCUT2D eigenvalue weighted by molar-refractivity contribution is -0.122. The van der Waals surface area contributed by atoms with Crippen molar-refractivity contribution in [3.63, 3.8) is 0 Å². The lowest BCUT2D eigenvalue weighted by Gasteiger charge is -2.10. The molecule has 0 aliphatic heterocycles. The van der Waals surface area contributed by atoms with Gasteiger partial charge >= 0.3 is 0 Å². The Bertz CT molecular complexity index is 378. The van der Waals surface area contributed by atoms with E-state index in [0.29, 0.717) is 13.2 Å². The summed E-state index contributed by atoms with van der Waals surface area (Å²) in [4.78, 5) is 11.8. The number of unbranched alkanes of at least 4 members (excludes halogenated alkanes) is 1. The molecule has 3 N–H and O–H groups in total. The van der Waals surface area contributed by atoms with Crippen LogP contribution in [0.2, 0.25) is 0 Å². The van der Waals surface area contributed by atoms with E-state index in [1.807, 2.05) is 0 Å². The fourth-order valence-electron chi connectivity index (χ4n) is 1.60. The number of nitrogens with zero attached hydrogens (tertiary/aromatic N) is 2. The van der Waals surface area contributed by atoms with Gasteiger partial charge in [-0.05, 0) is 12.8 Å². The minimum atomic E-state index is -0.658. The largest absolute Gasteiger partial charge is 0.381 e. The standard InChI is InChI=1S/C13H24N4O2/c1-3-4-7-19-8-5-6-15-13(18)12(14)11-9-16-17(2)10-11/h9-10,12H,3-8,14H2,1-2H3,(H,15,18). The Morgan fingerprint density at radius 3 is 2.89 bits per heavy atom. The van der Waals surface area contributed by atoms with Crippen LogP contribution in [0.25, 0.3) is 0 Å². The average Bonchev–Trinajstić information content (AvgIpc) is 2.83. The number of aromatic nitrogens is 2. The molecule has 1 rings (SSSR count). The van der Waals surface area contributed by atoms with Gasteiger partial charge in [0.05, 0.1) is 6.20 Å². The first-order chi connectivity index (χ1) is 9.15. The summed E-state index contributed by atoms with van der Waals surface area (Å²) in [6.07, 6.45) is 6.38. The molecular formula is C13H24N4O2. The van der Waals surface area contributed by atoms with E-state index in [1.54, 1.807) is 24.1 Å². The van der Waals surface area contributed by atoms with Crippen molar-refractivity contribution in [2.45, 2.75) is 32.2 Å². The molecule has 0 saturated carbocycles. The highest BCUT2D eigenvalue weighted by atomic mass is 16.5. The summed E-state index contributed by atoms with van der Waals surface area (Å²) in [5, 5.41) is 6.80. The third-order valence-corrected chi connectivity index (χ3v) is 2.77. The summed E-state index contributed by atoms with van der Waals surface area (Å²) < 4.78 is 7.04. The van der Waals surface area contributed by atoms with E-state index in [-0.39, 0.29) is 5.91 Å². The van der Waals surface area contributed by atoms with Crippen LogP contribution < -0.4 is 11.1 Å². The molecule has 19 heavy (non-hydrogen) atoms. The van der Waals surface area contributed by atoms with Crippen LogP contribution in [0.15, 0.2) is 12.4 Å². The summed E-state index contributed by atoms with van der Waals surface area (Å²) in [5.74, 6) is -0.179. The van der Waals surface area contributed by atoms with Crippen LogP contribution in [0, 0.1) is 0 Å². The highest BCUT2D eigenvalue weighted by molar-refractivity contribution is 5.82. The van der Waals surface area contributed by atoms with Crippen LogP contribution in [0.3, 0.4) is 0 Å². The van der Waals surface area contributed by atoms with Crippen molar-refractivity contribution in [3.8, 4) is 0 Å². The van der Waals surface area contributed by atoms with Crippen LogP contribution in [-0.2, 0) is 16.6 Å². The van der Waals surface area contributed by atoms with Gasteiger partial charge in [-0.1, -0.05) is 13.3 Å². The number of ether oxygens (including phenoxy) is 1. The zero-order valence-corrected chi connectivity index (χ0v) is 11.8. The molecule has 1 unspecified atom stereocenters. The molecule has 0 fully saturated rings. The number of hydrogen-bond donors (Lipinski definition) is 2. The molecule has 6 heteroatoms. The van der Waals surface area contributed by atoms with Gasteiger partial charge in [0.1, 0.15) is 6.04 Å². The first kappa shape index (κ1) is 15.7. The number of aryl methyl sites for hydroxylation is 1. The van der Waals surface area contributed by atoms with Crippen LogP contribution >= 0.6 is 0 Å². The normalized spacial score (nSPS) is 12.4. The predicted molar refractivity (Wildman–Crippen MR) is 73.5 cm³/mol. The number of carbonyl (C=O) groups is 1. The summed E-state index contributed by atoms with van der Waals surface area (Å²) in [5.41, 5.74) is 6.56. The van der Waals surface area contributed by atoms with Gasteiger partial charge in [0, 0.05) is 38.6 Å². The van der Waals surface area contributed by atoms with Gasteiger partial charge in [-0.3, -0.25) is 9.48 Å². The summed E-state index contributed by atoms with van der Waals surface area (Å²) in [7, 11) is 1.79. The van der Waals surface area contributed by atoms with Crippen molar-refractivity contribution >= 4 is 5.91 Å². The fourth-order valence-corrected chi connectivity index (χ4v) is 1.60. The highest BCUT2D eigenvalue weighted by Gasteiger charge is 2.16. The Morgan fingerprint density at radius 1 is 1.53 bits per heavy atom. The molecule has 6 nitrogen and oxygen atoms in total. The zero-order valence-electron chi connectivity index (χ0n) is 11.8. The maximum absolute atomic E-state index is 11.8. The van der Waals surface area contributed by atoms with Gasteiger partial charge in [0.15, 0.2) is 0 Å². The van der Waals surface area contributed by atoms with Crippen molar-refractivity contribution < 1.29 is 9.53 Å². The third-order valence-electron chi connectivity index (χ3n) is 2.77. The van der Waals surface area contributed by atoms with Crippen molar-refractivity contribution in [1.82, 2.24) is 15.1 Å². The summed E-state index contributed by atoms with van der Waals surface area (Å²) in [6, 6.07) is -0.658. The zero-order chi connectivity index (χ0) is 14.1. The van der Waals surface area contributed by atoms with Crippen LogP contribution in [-0.4, -0.2) is 35.4 Å². The van der Waals surface area contributed by atoms with Gasteiger partial charge in [-0.25, -0.2) is 0 Å². The van der Waals surface area contributed by atoms with Crippen LogP contribution in [0.1, 0.15) is 37.8 Å². The van der Waals surface area contributed by atoms with Crippen molar-refractivity contribution in [2.24, 2.45) is 12.8 Å². The Balaban J connectivity index is 2.14. The predicted octanol–water partition coefficient (Wildman–Crippen LogP) is 0.743. The Morgan fingerprint density at radius 2 is 2.26 bits per heavy atom. The minimum absolute atomic E-state index is 0.179. The van der Waals surface area contributed by atoms with Crippen molar-refractivity contribution in [3.05, 3.63) is 18.0 Å². The Labute approximate surface area is 114 Å². The number of amides is 1. The highest BCUT2D eigenvalue weighted by Crippen LogP contribution is 2.07. The minimum Gasteiger partial charge on any atom is -0.381 e. The number of nitrogens with one attached hydrogen (secondary N) is 1. The van der Waals surface area contributed by atoms with E-state index in [2.05, 4.69) is 17.3 Å². The smallest absolute Gasteiger partial charge is 0.241 e. The molecule has 1 amide bonds.